The van der Waals surface area contributed by atoms with E-state index in [0.717, 1.165) is 25.6 Å². The minimum atomic E-state index is 0.139. The summed E-state index contributed by atoms with van der Waals surface area (Å²) in [6.07, 6.45) is 0.139. The van der Waals surface area contributed by atoms with Gasteiger partial charge in [-0.05, 0) is 5.92 Å². The molecule has 1 N–H and O–H groups in total. The molecule has 20 heavy (non-hydrogen) atoms. The summed E-state index contributed by atoms with van der Waals surface area (Å²) in [6, 6.07) is 0. The van der Waals surface area contributed by atoms with Crippen LogP contribution in [0.3, 0.4) is 0 Å². The molecule has 6 heteroatoms. The average Bonchev–Trinajstić information content (AvgIpc) is 2.49. The van der Waals surface area contributed by atoms with Crippen molar-refractivity contribution in [3.8, 4) is 0 Å². The highest BCUT2D eigenvalue weighted by Gasteiger charge is 2.25. The lowest BCUT2D eigenvalue weighted by Crippen LogP contribution is -2.51. The zero-order valence-electron chi connectivity index (χ0n) is 12.8. The molecule has 0 spiro atoms. The fourth-order valence-corrected chi connectivity index (χ4v) is 3.76. The van der Waals surface area contributed by atoms with Gasteiger partial charge in [-0.15, -0.1) is 0 Å². The van der Waals surface area contributed by atoms with E-state index in [-0.39, 0.29) is 6.10 Å². The number of aliphatic imine (C=N–C) groups is 1. The van der Waals surface area contributed by atoms with E-state index in [2.05, 4.69) is 40.8 Å². The Morgan fingerprint density at radius 3 is 2.95 bits per heavy atom. The Morgan fingerprint density at radius 1 is 1.45 bits per heavy atom. The maximum atomic E-state index is 5.65. The third-order valence-corrected chi connectivity index (χ3v) is 5.26. The first-order valence-corrected chi connectivity index (χ1v) is 8.52. The molecule has 2 fully saturated rings. The number of thioether (sulfide) groups is 1. The Hall–Kier alpha value is -0.460. The minimum absolute atomic E-state index is 0.139. The van der Waals surface area contributed by atoms with Crippen molar-refractivity contribution in [3.05, 3.63) is 0 Å². The predicted molar refractivity (Wildman–Crippen MR) is 84.6 cm³/mol. The summed E-state index contributed by atoms with van der Waals surface area (Å²) in [5, 5.41) is 4.12. The topological polar surface area (TPSA) is 46.1 Å². The van der Waals surface area contributed by atoms with E-state index < -0.39 is 0 Å². The van der Waals surface area contributed by atoms with Crippen molar-refractivity contribution < 1.29 is 9.47 Å². The van der Waals surface area contributed by atoms with E-state index in [4.69, 9.17) is 9.47 Å². The smallest absolute Gasteiger partial charge is 0.193 e. The Morgan fingerprint density at radius 2 is 2.30 bits per heavy atom. The second-order valence-electron chi connectivity index (χ2n) is 5.60. The molecule has 0 aromatic heterocycles. The van der Waals surface area contributed by atoms with Crippen molar-refractivity contribution in [2.45, 2.75) is 25.2 Å². The van der Waals surface area contributed by atoms with E-state index in [0.29, 0.717) is 31.0 Å². The summed E-state index contributed by atoms with van der Waals surface area (Å²) < 4.78 is 11.1. The lowest BCUT2D eigenvalue weighted by molar-refractivity contribution is -0.0851. The van der Waals surface area contributed by atoms with Crippen molar-refractivity contribution in [2.75, 3.05) is 52.3 Å². The minimum Gasteiger partial charge on any atom is -0.376 e. The van der Waals surface area contributed by atoms with Crippen LogP contribution in [0.25, 0.3) is 0 Å². The number of hydrogen-bond acceptors (Lipinski definition) is 4. The number of guanidine groups is 1. The molecular weight excluding hydrogens is 274 g/mol. The normalized spacial score (nSPS) is 28.8. The summed E-state index contributed by atoms with van der Waals surface area (Å²) in [6.45, 7) is 9.58. The molecule has 116 valence electrons. The van der Waals surface area contributed by atoms with Crippen LogP contribution in [0.15, 0.2) is 4.99 Å². The fourth-order valence-electron chi connectivity index (χ4n) is 2.46. The first kappa shape index (κ1) is 15.9. The summed E-state index contributed by atoms with van der Waals surface area (Å²) in [7, 11) is 1.85. The Bertz CT molecular complexity index is 320. The molecule has 2 saturated heterocycles. The largest absolute Gasteiger partial charge is 0.376 e. The van der Waals surface area contributed by atoms with Gasteiger partial charge in [0.1, 0.15) is 0 Å². The second-order valence-corrected chi connectivity index (χ2v) is 6.94. The van der Waals surface area contributed by atoms with E-state index in [1.165, 1.54) is 5.75 Å². The molecule has 2 aliphatic heterocycles. The molecule has 0 aliphatic carbocycles. The summed E-state index contributed by atoms with van der Waals surface area (Å²) >= 11 is 2.08. The number of hydrogen-bond donors (Lipinski definition) is 1. The van der Waals surface area contributed by atoms with Crippen LogP contribution in [0.4, 0.5) is 0 Å². The van der Waals surface area contributed by atoms with E-state index in [9.17, 15) is 0 Å². The zero-order chi connectivity index (χ0) is 14.4. The van der Waals surface area contributed by atoms with Crippen molar-refractivity contribution in [2.24, 2.45) is 10.9 Å². The zero-order valence-corrected chi connectivity index (χ0v) is 13.6. The van der Waals surface area contributed by atoms with E-state index in [1.54, 1.807) is 0 Å². The molecule has 2 unspecified atom stereocenters. The van der Waals surface area contributed by atoms with Crippen molar-refractivity contribution >= 4 is 17.7 Å². The molecule has 0 amide bonds. The predicted octanol–water partition coefficient (Wildman–Crippen LogP) is 1.05. The molecule has 2 rings (SSSR count). The highest BCUT2D eigenvalue weighted by Crippen LogP contribution is 2.24. The van der Waals surface area contributed by atoms with Gasteiger partial charge in [0.15, 0.2) is 5.96 Å². The molecule has 2 heterocycles. The van der Waals surface area contributed by atoms with Crippen LogP contribution in [0.2, 0.25) is 0 Å². The maximum Gasteiger partial charge on any atom is 0.193 e. The lowest BCUT2D eigenvalue weighted by atomic mass is 10.1. The number of nitrogens with one attached hydrogen (secondary N) is 1. The van der Waals surface area contributed by atoms with Gasteiger partial charge in [-0.25, -0.2) is 0 Å². The summed E-state index contributed by atoms with van der Waals surface area (Å²) in [5.41, 5.74) is 0. The standard InChI is InChI=1S/C14H27N3O2S/c1-11(2)13-9-17(4-7-20-13)14(15-3)16-8-12-10-18-5-6-19-12/h11-13H,4-10H2,1-3H3,(H,15,16). The van der Waals surface area contributed by atoms with Gasteiger partial charge in [-0.3, -0.25) is 4.99 Å². The van der Waals surface area contributed by atoms with Gasteiger partial charge in [-0.1, -0.05) is 13.8 Å². The lowest BCUT2D eigenvalue weighted by Gasteiger charge is -2.36. The molecule has 2 atom stereocenters. The number of ether oxygens (including phenoxy) is 2. The summed E-state index contributed by atoms with van der Waals surface area (Å²) in [5.74, 6) is 2.87. The third-order valence-electron chi connectivity index (χ3n) is 3.72. The Balaban J connectivity index is 1.81. The SMILES string of the molecule is CN=C(NCC1COCCO1)N1CCSC(C(C)C)C1. The molecular formula is C14H27N3O2S. The molecule has 0 saturated carbocycles. The highest BCUT2D eigenvalue weighted by atomic mass is 32.2. The molecule has 2 aliphatic rings. The molecule has 0 radical (unpaired) electrons. The van der Waals surface area contributed by atoms with Crippen LogP contribution in [0, 0.1) is 5.92 Å². The van der Waals surface area contributed by atoms with Crippen LogP contribution < -0.4 is 5.32 Å². The van der Waals surface area contributed by atoms with Crippen LogP contribution >= 0.6 is 11.8 Å². The van der Waals surface area contributed by atoms with Gasteiger partial charge in [0, 0.05) is 37.7 Å². The Labute approximate surface area is 126 Å². The quantitative estimate of drug-likeness (QED) is 0.624. The summed E-state index contributed by atoms with van der Waals surface area (Å²) in [4.78, 5) is 6.78. The van der Waals surface area contributed by atoms with Gasteiger partial charge >= 0.3 is 0 Å². The van der Waals surface area contributed by atoms with Gasteiger partial charge < -0.3 is 19.7 Å². The highest BCUT2D eigenvalue weighted by molar-refractivity contribution is 8.00. The second kappa shape index (κ2) is 8.10. The average molecular weight is 301 g/mol. The van der Waals surface area contributed by atoms with Crippen LogP contribution in [-0.2, 0) is 9.47 Å². The third kappa shape index (κ3) is 4.53. The molecule has 0 bridgehead atoms. The molecule has 0 aromatic rings. The van der Waals surface area contributed by atoms with Crippen molar-refractivity contribution in [3.63, 3.8) is 0 Å². The van der Waals surface area contributed by atoms with Crippen molar-refractivity contribution in [1.82, 2.24) is 10.2 Å². The van der Waals surface area contributed by atoms with Crippen molar-refractivity contribution in [1.29, 1.82) is 0 Å². The molecule has 0 aromatic carbocycles. The first-order chi connectivity index (χ1) is 9.70. The maximum absolute atomic E-state index is 5.65. The van der Waals surface area contributed by atoms with Crippen LogP contribution in [0.5, 0.6) is 0 Å². The fraction of sp³-hybridized carbons (Fsp3) is 0.929. The Kier molecular flexibility index (Phi) is 6.45. The van der Waals surface area contributed by atoms with E-state index >= 15 is 0 Å². The number of rotatable bonds is 3. The number of nitrogens with zero attached hydrogens (tertiary/aromatic N) is 2. The van der Waals surface area contributed by atoms with Gasteiger partial charge in [0.25, 0.3) is 0 Å². The van der Waals surface area contributed by atoms with Crippen LogP contribution in [-0.4, -0.2) is 74.5 Å². The van der Waals surface area contributed by atoms with Crippen LogP contribution in [0.1, 0.15) is 13.8 Å². The van der Waals surface area contributed by atoms with E-state index in [1.807, 2.05) is 7.05 Å². The first-order valence-electron chi connectivity index (χ1n) is 7.47. The molecule has 5 nitrogen and oxygen atoms in total. The van der Waals surface area contributed by atoms with Gasteiger partial charge in [0.2, 0.25) is 0 Å². The monoisotopic (exact) mass is 301 g/mol. The van der Waals surface area contributed by atoms with Gasteiger partial charge in [-0.2, -0.15) is 11.8 Å². The van der Waals surface area contributed by atoms with Gasteiger partial charge in [0.05, 0.1) is 25.9 Å².